The number of fused-ring (bicyclic) bond motifs is 1. The normalized spacial score (nSPS) is 11.6. The van der Waals surface area contributed by atoms with Gasteiger partial charge in [-0.25, -0.2) is 4.99 Å². The summed E-state index contributed by atoms with van der Waals surface area (Å²) in [6, 6.07) is 18.7. The van der Waals surface area contributed by atoms with Gasteiger partial charge in [0.1, 0.15) is 5.56 Å². The third-order valence-corrected chi connectivity index (χ3v) is 5.05. The highest BCUT2D eigenvalue weighted by Gasteiger charge is 2.16. The molecule has 6 heteroatoms. The molecular formula is C25H23N3O3. The number of amides is 1. The van der Waals surface area contributed by atoms with E-state index in [2.05, 4.69) is 22.2 Å². The van der Waals surface area contributed by atoms with Gasteiger partial charge >= 0.3 is 0 Å². The molecule has 156 valence electrons. The third-order valence-electron chi connectivity index (χ3n) is 5.05. The molecule has 2 N–H and O–H groups in total. The SMILES string of the molecule is CCc1cccc(N=c2oc3c(C)ncc(CO)c3cc2C(=O)Nc2ccccc2)c1. The molecule has 4 rings (SSSR count). The molecule has 0 aliphatic heterocycles. The summed E-state index contributed by atoms with van der Waals surface area (Å²) in [5.41, 5.74) is 4.69. The molecule has 4 aromatic rings. The lowest BCUT2D eigenvalue weighted by Crippen LogP contribution is -2.22. The third kappa shape index (κ3) is 4.39. The Kier molecular flexibility index (Phi) is 5.91. The lowest BCUT2D eigenvalue weighted by molar-refractivity contribution is 0.102. The number of hydrogen-bond acceptors (Lipinski definition) is 5. The minimum atomic E-state index is -0.347. The summed E-state index contributed by atoms with van der Waals surface area (Å²) in [6.45, 7) is 3.68. The van der Waals surface area contributed by atoms with Crippen LogP contribution in [-0.4, -0.2) is 16.0 Å². The molecule has 0 aliphatic carbocycles. The highest BCUT2D eigenvalue weighted by molar-refractivity contribution is 6.05. The molecule has 2 aromatic carbocycles. The number of carbonyl (C=O) groups excluding carboxylic acids is 1. The molecule has 0 radical (unpaired) electrons. The first kappa shape index (κ1) is 20.5. The molecule has 0 spiro atoms. The second-order valence-corrected chi connectivity index (χ2v) is 7.19. The summed E-state index contributed by atoms with van der Waals surface area (Å²) in [5.74, 6) is -0.347. The Morgan fingerprint density at radius 3 is 2.68 bits per heavy atom. The van der Waals surface area contributed by atoms with E-state index in [4.69, 9.17) is 4.42 Å². The molecular weight excluding hydrogens is 390 g/mol. The van der Waals surface area contributed by atoms with E-state index in [1.165, 1.54) is 0 Å². The molecule has 0 bridgehead atoms. The number of benzene rings is 2. The van der Waals surface area contributed by atoms with Crippen molar-refractivity contribution in [1.82, 2.24) is 4.98 Å². The zero-order chi connectivity index (χ0) is 21.8. The van der Waals surface area contributed by atoms with Crippen LogP contribution in [0.1, 0.15) is 34.1 Å². The van der Waals surface area contributed by atoms with Crippen LogP contribution in [0, 0.1) is 6.92 Å². The largest absolute Gasteiger partial charge is 0.436 e. The number of aliphatic hydroxyl groups excluding tert-OH is 1. The molecule has 2 aromatic heterocycles. The van der Waals surface area contributed by atoms with Crippen molar-refractivity contribution in [3.63, 3.8) is 0 Å². The molecule has 0 saturated carbocycles. The van der Waals surface area contributed by atoms with E-state index in [1.807, 2.05) is 61.5 Å². The predicted molar refractivity (Wildman–Crippen MR) is 120 cm³/mol. The molecule has 6 nitrogen and oxygen atoms in total. The van der Waals surface area contributed by atoms with Gasteiger partial charge in [-0.15, -0.1) is 0 Å². The average Bonchev–Trinajstić information content (AvgIpc) is 2.80. The second kappa shape index (κ2) is 8.93. The van der Waals surface area contributed by atoms with E-state index in [1.54, 1.807) is 12.3 Å². The fourth-order valence-electron chi connectivity index (χ4n) is 3.34. The van der Waals surface area contributed by atoms with Gasteiger partial charge in [0.2, 0.25) is 5.55 Å². The number of pyridine rings is 1. The van der Waals surface area contributed by atoms with E-state index in [0.717, 1.165) is 12.0 Å². The Bertz CT molecular complexity index is 1310. The van der Waals surface area contributed by atoms with E-state index < -0.39 is 0 Å². The van der Waals surface area contributed by atoms with Gasteiger partial charge in [0.25, 0.3) is 5.91 Å². The van der Waals surface area contributed by atoms with Crippen LogP contribution in [0.2, 0.25) is 0 Å². The maximum atomic E-state index is 13.2. The monoisotopic (exact) mass is 413 g/mol. The summed E-state index contributed by atoms with van der Waals surface area (Å²) < 4.78 is 6.10. The minimum absolute atomic E-state index is 0.189. The van der Waals surface area contributed by atoms with Gasteiger partial charge in [0, 0.05) is 22.8 Å². The minimum Gasteiger partial charge on any atom is -0.436 e. The topological polar surface area (TPSA) is 87.7 Å². The fraction of sp³-hybridized carbons (Fsp3) is 0.160. The highest BCUT2D eigenvalue weighted by atomic mass is 16.3. The van der Waals surface area contributed by atoms with Crippen molar-refractivity contribution in [2.45, 2.75) is 26.9 Å². The fourth-order valence-corrected chi connectivity index (χ4v) is 3.34. The van der Waals surface area contributed by atoms with Crippen LogP contribution in [0.25, 0.3) is 11.0 Å². The summed E-state index contributed by atoms with van der Waals surface area (Å²) in [7, 11) is 0. The quantitative estimate of drug-likeness (QED) is 0.497. The first-order valence-corrected chi connectivity index (χ1v) is 10.1. The van der Waals surface area contributed by atoms with Gasteiger partial charge in [0.15, 0.2) is 5.58 Å². The van der Waals surface area contributed by atoms with Crippen LogP contribution >= 0.6 is 0 Å². The zero-order valence-corrected chi connectivity index (χ0v) is 17.4. The van der Waals surface area contributed by atoms with Crippen LogP contribution < -0.4 is 10.9 Å². The highest BCUT2D eigenvalue weighted by Crippen LogP contribution is 2.22. The number of aromatic nitrogens is 1. The first-order valence-electron chi connectivity index (χ1n) is 10.1. The average molecular weight is 413 g/mol. The molecule has 0 aliphatic rings. The predicted octanol–water partition coefficient (Wildman–Crippen LogP) is 4.68. The van der Waals surface area contributed by atoms with Gasteiger partial charge in [-0.2, -0.15) is 0 Å². The molecule has 1 amide bonds. The molecule has 0 saturated heterocycles. The number of anilines is 1. The number of nitrogens with one attached hydrogen (secondary N) is 1. The number of aryl methyl sites for hydroxylation is 2. The molecule has 0 unspecified atom stereocenters. The first-order chi connectivity index (χ1) is 15.1. The second-order valence-electron chi connectivity index (χ2n) is 7.19. The lowest BCUT2D eigenvalue weighted by Gasteiger charge is -2.10. The van der Waals surface area contributed by atoms with E-state index in [-0.39, 0.29) is 23.6 Å². The molecule has 0 fully saturated rings. The number of aliphatic hydroxyl groups is 1. The van der Waals surface area contributed by atoms with Gasteiger partial charge in [-0.05, 0) is 49.2 Å². The maximum Gasteiger partial charge on any atom is 0.261 e. The van der Waals surface area contributed by atoms with E-state index >= 15 is 0 Å². The van der Waals surface area contributed by atoms with Crippen LogP contribution in [0.3, 0.4) is 0 Å². The van der Waals surface area contributed by atoms with Crippen molar-refractivity contribution in [1.29, 1.82) is 0 Å². The lowest BCUT2D eigenvalue weighted by atomic mass is 10.1. The summed E-state index contributed by atoms with van der Waals surface area (Å²) >= 11 is 0. The van der Waals surface area contributed by atoms with Crippen LogP contribution in [-0.2, 0) is 13.0 Å². The van der Waals surface area contributed by atoms with Crippen LogP contribution in [0.4, 0.5) is 11.4 Å². The van der Waals surface area contributed by atoms with Crippen LogP contribution in [0.15, 0.2) is 76.3 Å². The maximum absolute atomic E-state index is 13.2. The number of rotatable bonds is 5. The summed E-state index contributed by atoms with van der Waals surface area (Å²) in [4.78, 5) is 22.1. The Morgan fingerprint density at radius 2 is 1.94 bits per heavy atom. The standard InChI is InChI=1S/C25H23N3O3/c1-3-17-8-7-11-20(12-17)28-25-22(24(30)27-19-9-5-4-6-10-19)13-21-18(15-29)14-26-16(2)23(21)31-25/h4-14,29H,3,15H2,1-2H3,(H,27,30). The molecule has 2 heterocycles. The van der Waals surface area contributed by atoms with E-state index in [9.17, 15) is 9.90 Å². The van der Waals surface area contributed by atoms with Crippen molar-refractivity contribution < 1.29 is 14.3 Å². The van der Waals surface area contributed by atoms with Crippen LogP contribution in [0.5, 0.6) is 0 Å². The van der Waals surface area contributed by atoms with Crippen molar-refractivity contribution in [3.05, 3.63) is 94.8 Å². The van der Waals surface area contributed by atoms with Gasteiger partial charge in [-0.1, -0.05) is 37.3 Å². The Labute approximate surface area is 179 Å². The Morgan fingerprint density at radius 1 is 1.13 bits per heavy atom. The van der Waals surface area contributed by atoms with Crippen molar-refractivity contribution in [3.8, 4) is 0 Å². The molecule has 31 heavy (non-hydrogen) atoms. The molecule has 0 atom stereocenters. The number of hydrogen-bond donors (Lipinski definition) is 2. The number of carbonyl (C=O) groups is 1. The van der Waals surface area contributed by atoms with Crippen molar-refractivity contribution in [2.75, 3.05) is 5.32 Å². The summed E-state index contributed by atoms with van der Waals surface area (Å²) in [5, 5.41) is 13.3. The van der Waals surface area contributed by atoms with Crippen molar-refractivity contribution in [2.24, 2.45) is 4.99 Å². The smallest absolute Gasteiger partial charge is 0.261 e. The van der Waals surface area contributed by atoms with Gasteiger partial charge < -0.3 is 14.8 Å². The zero-order valence-electron chi connectivity index (χ0n) is 17.4. The van der Waals surface area contributed by atoms with E-state index in [0.29, 0.717) is 33.6 Å². The summed E-state index contributed by atoms with van der Waals surface area (Å²) in [6.07, 6.45) is 2.47. The van der Waals surface area contributed by atoms with Gasteiger partial charge in [0.05, 0.1) is 18.0 Å². The Hall–Kier alpha value is -3.77. The van der Waals surface area contributed by atoms with Gasteiger partial charge in [-0.3, -0.25) is 9.78 Å². The van der Waals surface area contributed by atoms with Crippen molar-refractivity contribution >= 4 is 28.3 Å². The number of para-hydroxylation sites is 1. The number of nitrogens with zero attached hydrogens (tertiary/aromatic N) is 2. The Balaban J connectivity index is 1.93.